The lowest BCUT2D eigenvalue weighted by Crippen LogP contribution is -2.45. The molecule has 2 atom stereocenters. The fourth-order valence-electron chi connectivity index (χ4n) is 10.7. The number of allylic oxidation sites excluding steroid dienone is 6. The van der Waals surface area contributed by atoms with Gasteiger partial charge in [-0.25, -0.2) is 0 Å². The molecule has 0 aliphatic carbocycles. The Bertz CT molecular complexity index is 1230. The minimum absolute atomic E-state index is 0.00476. The van der Waals surface area contributed by atoms with Crippen LogP contribution in [0.15, 0.2) is 36.5 Å². The maximum atomic E-state index is 12.5. The molecule has 0 fully saturated rings. The number of aliphatic hydroxyl groups excluding tert-OH is 2. The summed E-state index contributed by atoms with van der Waals surface area (Å²) in [6, 6.07) is -0.538. The predicted molar refractivity (Wildman–Crippen MR) is 333 cm³/mol. The van der Waals surface area contributed by atoms with Crippen LogP contribution in [0.4, 0.5) is 0 Å². The van der Waals surface area contributed by atoms with Crippen molar-refractivity contribution >= 4 is 11.9 Å². The number of nitrogens with one attached hydrogen (secondary N) is 1. The largest absolute Gasteiger partial charge is 0.466 e. The average Bonchev–Trinajstić information content (AvgIpc) is 3.42. The molecule has 0 rings (SSSR count). The highest BCUT2D eigenvalue weighted by Gasteiger charge is 2.20. The maximum absolute atomic E-state index is 12.5. The number of aliphatic hydroxyl groups is 2. The Balaban J connectivity index is 3.33. The van der Waals surface area contributed by atoms with E-state index in [4.69, 9.17) is 4.74 Å². The summed E-state index contributed by atoms with van der Waals surface area (Å²) in [7, 11) is 0. The molecule has 448 valence electrons. The number of esters is 1. The van der Waals surface area contributed by atoms with E-state index < -0.39 is 12.1 Å². The Morgan fingerprint density at radius 3 is 1.04 bits per heavy atom. The summed E-state index contributed by atoms with van der Waals surface area (Å²) in [5.74, 6) is -0.0268. The molecule has 0 aliphatic heterocycles. The van der Waals surface area contributed by atoms with Crippen molar-refractivity contribution in [2.45, 2.75) is 386 Å². The Kier molecular flexibility index (Phi) is 63.9. The number of ether oxygens (including phenoxy) is 1. The van der Waals surface area contributed by atoms with Gasteiger partial charge in [0.25, 0.3) is 0 Å². The van der Waals surface area contributed by atoms with E-state index in [1.54, 1.807) is 0 Å². The number of unbranched alkanes of at least 4 members (excludes halogenated alkanes) is 47. The lowest BCUT2D eigenvalue weighted by Gasteiger charge is -2.22. The van der Waals surface area contributed by atoms with Crippen LogP contribution in [0.2, 0.25) is 0 Å². The SMILES string of the molecule is CCCCC/C=C\C/C=C\CCCCCCCC(=O)OCCCCCCCCCCCCCC/C=C\CCCCCCCCCCCCCCCCCCCC(=O)NC(CO)C(O)CCCCCCCCCCCCC. The van der Waals surface area contributed by atoms with Crippen LogP contribution in [0.25, 0.3) is 0 Å². The van der Waals surface area contributed by atoms with Gasteiger partial charge in [-0.05, 0) is 83.5 Å². The Morgan fingerprint density at radius 2 is 0.658 bits per heavy atom. The van der Waals surface area contributed by atoms with Gasteiger partial charge in [0.1, 0.15) is 0 Å². The molecule has 6 nitrogen and oxygen atoms in total. The number of rotatable bonds is 64. The summed E-state index contributed by atoms with van der Waals surface area (Å²) in [5.41, 5.74) is 0. The summed E-state index contributed by atoms with van der Waals surface area (Å²) >= 11 is 0. The molecule has 0 aliphatic rings. The smallest absolute Gasteiger partial charge is 0.305 e. The highest BCUT2D eigenvalue weighted by Crippen LogP contribution is 2.18. The molecule has 0 spiro atoms. The number of carbonyl (C=O) groups excluding carboxylic acids is 2. The topological polar surface area (TPSA) is 95.9 Å². The fraction of sp³-hybridized carbons (Fsp3) is 0.886. The first-order chi connectivity index (χ1) is 37.5. The van der Waals surface area contributed by atoms with Gasteiger partial charge in [0.05, 0.1) is 25.4 Å². The van der Waals surface area contributed by atoms with E-state index in [1.807, 2.05) is 0 Å². The third kappa shape index (κ3) is 61.3. The van der Waals surface area contributed by atoms with Crippen molar-refractivity contribution in [3.63, 3.8) is 0 Å². The predicted octanol–water partition coefficient (Wildman–Crippen LogP) is 21.9. The quantitative estimate of drug-likeness (QED) is 0.0320. The van der Waals surface area contributed by atoms with E-state index in [0.717, 1.165) is 51.4 Å². The zero-order valence-corrected chi connectivity index (χ0v) is 51.3. The van der Waals surface area contributed by atoms with Crippen LogP contribution in [0, 0.1) is 0 Å². The third-order valence-electron chi connectivity index (χ3n) is 15.9. The van der Waals surface area contributed by atoms with Gasteiger partial charge >= 0.3 is 5.97 Å². The van der Waals surface area contributed by atoms with E-state index in [0.29, 0.717) is 25.9 Å². The molecule has 3 N–H and O–H groups in total. The van der Waals surface area contributed by atoms with Gasteiger partial charge in [-0.15, -0.1) is 0 Å². The molecular formula is C70H133NO5. The van der Waals surface area contributed by atoms with Gasteiger partial charge in [0.15, 0.2) is 0 Å². The number of hydrogen-bond acceptors (Lipinski definition) is 5. The van der Waals surface area contributed by atoms with Crippen LogP contribution in [-0.4, -0.2) is 47.4 Å². The van der Waals surface area contributed by atoms with E-state index >= 15 is 0 Å². The Labute approximate surface area is 474 Å². The van der Waals surface area contributed by atoms with Gasteiger partial charge in [0, 0.05) is 12.8 Å². The first-order valence-electron chi connectivity index (χ1n) is 34.2. The van der Waals surface area contributed by atoms with Gasteiger partial charge in [0.2, 0.25) is 5.91 Å². The monoisotopic (exact) mass is 1070 g/mol. The molecule has 76 heavy (non-hydrogen) atoms. The molecule has 0 aromatic carbocycles. The van der Waals surface area contributed by atoms with Crippen molar-refractivity contribution in [1.82, 2.24) is 5.32 Å². The van der Waals surface area contributed by atoms with Gasteiger partial charge < -0.3 is 20.3 Å². The second kappa shape index (κ2) is 65.6. The van der Waals surface area contributed by atoms with E-state index in [2.05, 4.69) is 55.6 Å². The van der Waals surface area contributed by atoms with Crippen LogP contribution in [0.5, 0.6) is 0 Å². The summed E-state index contributed by atoms with van der Waals surface area (Å²) < 4.78 is 5.48. The number of hydrogen-bond donors (Lipinski definition) is 3. The lowest BCUT2D eigenvalue weighted by atomic mass is 10.0. The molecule has 6 heteroatoms. The summed E-state index contributed by atoms with van der Waals surface area (Å²) in [6.45, 7) is 4.93. The second-order valence-electron chi connectivity index (χ2n) is 23.5. The molecule has 0 saturated carbocycles. The highest BCUT2D eigenvalue weighted by molar-refractivity contribution is 5.76. The summed E-state index contributed by atoms with van der Waals surface area (Å²) in [6.07, 6.45) is 83.4. The molecule has 0 heterocycles. The molecule has 1 amide bonds. The van der Waals surface area contributed by atoms with Gasteiger partial charge in [-0.1, -0.05) is 314 Å². The number of carbonyl (C=O) groups is 2. The normalized spacial score (nSPS) is 12.7. The molecular weight excluding hydrogens is 935 g/mol. The molecule has 0 aromatic heterocycles. The first kappa shape index (κ1) is 74.1. The molecule has 2 unspecified atom stereocenters. The summed E-state index contributed by atoms with van der Waals surface area (Å²) in [5, 5.41) is 23.2. The molecule has 0 saturated heterocycles. The minimum Gasteiger partial charge on any atom is -0.466 e. The van der Waals surface area contributed by atoms with Crippen molar-refractivity contribution in [2.75, 3.05) is 13.2 Å². The Morgan fingerprint density at radius 1 is 0.368 bits per heavy atom. The minimum atomic E-state index is -0.660. The van der Waals surface area contributed by atoms with Crippen molar-refractivity contribution in [3.8, 4) is 0 Å². The van der Waals surface area contributed by atoms with Crippen LogP contribution < -0.4 is 5.32 Å². The second-order valence-corrected chi connectivity index (χ2v) is 23.5. The highest BCUT2D eigenvalue weighted by atomic mass is 16.5. The first-order valence-corrected chi connectivity index (χ1v) is 34.2. The van der Waals surface area contributed by atoms with Crippen LogP contribution >= 0.6 is 0 Å². The maximum Gasteiger partial charge on any atom is 0.305 e. The van der Waals surface area contributed by atoms with Gasteiger partial charge in [-0.3, -0.25) is 9.59 Å². The van der Waals surface area contributed by atoms with Crippen molar-refractivity contribution < 1.29 is 24.5 Å². The van der Waals surface area contributed by atoms with Crippen molar-refractivity contribution in [1.29, 1.82) is 0 Å². The van der Waals surface area contributed by atoms with E-state index in [-0.39, 0.29) is 18.5 Å². The van der Waals surface area contributed by atoms with Crippen LogP contribution in [-0.2, 0) is 14.3 Å². The molecule has 0 aromatic rings. The van der Waals surface area contributed by atoms with Crippen LogP contribution in [0.1, 0.15) is 373 Å². The zero-order valence-electron chi connectivity index (χ0n) is 51.3. The average molecular weight is 1070 g/mol. The lowest BCUT2D eigenvalue weighted by molar-refractivity contribution is -0.143. The van der Waals surface area contributed by atoms with Crippen LogP contribution in [0.3, 0.4) is 0 Å². The fourth-order valence-corrected chi connectivity index (χ4v) is 10.7. The number of amides is 1. The van der Waals surface area contributed by atoms with Gasteiger partial charge in [-0.2, -0.15) is 0 Å². The zero-order chi connectivity index (χ0) is 55.0. The summed E-state index contributed by atoms with van der Waals surface area (Å²) in [4.78, 5) is 24.5. The van der Waals surface area contributed by atoms with Crippen molar-refractivity contribution in [2.24, 2.45) is 0 Å². The van der Waals surface area contributed by atoms with E-state index in [9.17, 15) is 19.8 Å². The van der Waals surface area contributed by atoms with E-state index in [1.165, 1.54) is 289 Å². The molecule has 0 radical (unpaired) electrons. The third-order valence-corrected chi connectivity index (χ3v) is 15.9. The molecule has 0 bridgehead atoms. The van der Waals surface area contributed by atoms with Crippen molar-refractivity contribution in [3.05, 3.63) is 36.5 Å². The standard InChI is InChI=1S/C70H133NO5/c1-3-5-7-9-11-13-15-16-36-40-44-48-52-56-60-64-70(75)76-65-61-57-53-49-45-41-38-35-33-31-29-27-25-23-21-19-17-18-20-22-24-26-28-30-32-34-37-39-43-47-51-55-59-63-69(74)71-67(66-72)68(73)62-58-54-50-46-42-14-12-10-8-6-4-2/h11,13,16,21,23,36,67-68,72-73H,3-10,12,14-15,17-20,22,24-35,37-66H2,1-2H3,(H,71,74)/b13-11-,23-21-,36-16-. The Hall–Kier alpha value is -1.92.